The third-order valence-electron chi connectivity index (χ3n) is 10.3. The first-order valence-corrected chi connectivity index (χ1v) is 22.1. The molecule has 0 aromatic heterocycles. The van der Waals surface area contributed by atoms with Gasteiger partial charge < -0.3 is 24.2 Å². The molecule has 0 aliphatic carbocycles. The Labute approximate surface area is 317 Å². The summed E-state index contributed by atoms with van der Waals surface area (Å²) in [7, 11) is 0. The van der Waals surface area contributed by atoms with E-state index in [4.69, 9.17) is 14.2 Å². The van der Waals surface area contributed by atoms with Crippen molar-refractivity contribution in [2.75, 3.05) is 46.1 Å². The number of unbranched alkanes of at least 4 members (excludes halogenated alkanes) is 19. The summed E-state index contributed by atoms with van der Waals surface area (Å²) >= 11 is 0. The van der Waals surface area contributed by atoms with Crippen molar-refractivity contribution in [3.63, 3.8) is 0 Å². The van der Waals surface area contributed by atoms with Crippen molar-refractivity contribution in [1.29, 1.82) is 0 Å². The molecule has 0 unspecified atom stereocenters. The number of ether oxygens (including phenoxy) is 3. The summed E-state index contributed by atoms with van der Waals surface area (Å²) in [5.41, 5.74) is -0.0981. The first-order chi connectivity index (χ1) is 24.8. The van der Waals surface area contributed by atoms with E-state index < -0.39 is 6.16 Å². The Balaban J connectivity index is 4.11. The number of nitrogens with zero attached hydrogens (tertiary/aromatic N) is 1. The van der Waals surface area contributed by atoms with Crippen LogP contribution in [-0.4, -0.2) is 68.2 Å². The Morgan fingerprint density at radius 1 is 0.569 bits per heavy atom. The van der Waals surface area contributed by atoms with Gasteiger partial charge in [0.1, 0.15) is 6.61 Å². The van der Waals surface area contributed by atoms with E-state index in [1.807, 2.05) is 0 Å². The van der Waals surface area contributed by atoms with Crippen molar-refractivity contribution in [2.24, 2.45) is 11.3 Å². The predicted molar refractivity (Wildman–Crippen MR) is 215 cm³/mol. The van der Waals surface area contributed by atoms with Gasteiger partial charge in [0, 0.05) is 13.0 Å². The molecule has 304 valence electrons. The maximum absolute atomic E-state index is 12.5. The summed E-state index contributed by atoms with van der Waals surface area (Å²) in [6.07, 6.45) is 32.1. The number of aliphatic hydroxyl groups is 1. The van der Waals surface area contributed by atoms with Gasteiger partial charge in [-0.3, -0.25) is 4.79 Å². The molecule has 0 saturated heterocycles. The molecule has 0 saturated carbocycles. The van der Waals surface area contributed by atoms with Crippen LogP contribution in [0, 0.1) is 11.3 Å². The van der Waals surface area contributed by atoms with E-state index in [-0.39, 0.29) is 18.0 Å². The highest BCUT2D eigenvalue weighted by Gasteiger charge is 2.21. The summed E-state index contributed by atoms with van der Waals surface area (Å²) in [4.78, 5) is 26.9. The Hall–Kier alpha value is -1.34. The van der Waals surface area contributed by atoms with Crippen LogP contribution in [0.2, 0.25) is 0 Å². The van der Waals surface area contributed by atoms with Crippen LogP contribution in [0.25, 0.3) is 0 Å². The van der Waals surface area contributed by atoms with Gasteiger partial charge in [-0.2, -0.15) is 0 Å². The van der Waals surface area contributed by atoms with Gasteiger partial charge in [0.25, 0.3) is 0 Å². The summed E-state index contributed by atoms with van der Waals surface area (Å²) in [5.74, 6) is 0.399. The lowest BCUT2D eigenvalue weighted by Crippen LogP contribution is -2.29. The highest BCUT2D eigenvalue weighted by molar-refractivity contribution is 5.69. The Morgan fingerprint density at radius 3 is 1.63 bits per heavy atom. The molecule has 0 amide bonds. The predicted octanol–water partition coefficient (Wildman–Crippen LogP) is 12.6. The Bertz CT molecular complexity index is 746. The molecule has 0 rings (SSSR count). The molecule has 0 aromatic rings. The SMILES string of the molecule is CCCCCCCCCOC(=O)CCCCCCCN(CCO)CCCCC(C)(C)COC(=O)OCC(CCCCCCC)CCCCCCC. The first kappa shape index (κ1) is 49.7. The number of carbonyl (C=O) groups is 2. The van der Waals surface area contributed by atoms with Gasteiger partial charge in [-0.1, -0.05) is 163 Å². The molecule has 7 nitrogen and oxygen atoms in total. The number of hydrogen-bond acceptors (Lipinski definition) is 7. The summed E-state index contributed by atoms with van der Waals surface area (Å²) in [6, 6.07) is 0. The van der Waals surface area contributed by atoms with Crippen LogP contribution in [0.1, 0.15) is 214 Å². The first-order valence-electron chi connectivity index (χ1n) is 22.1. The number of aliphatic hydroxyl groups excluding tert-OH is 1. The lowest BCUT2D eigenvalue weighted by atomic mass is 9.88. The zero-order valence-electron chi connectivity index (χ0n) is 34.8. The minimum atomic E-state index is -0.516. The largest absolute Gasteiger partial charge is 0.508 e. The van der Waals surface area contributed by atoms with E-state index in [9.17, 15) is 14.7 Å². The standard InChI is InChI=1S/C44H87NO6/c1-6-9-12-15-16-22-29-38-49-42(47)32-25-20-17-21-27-34-45(36-37-46)35-28-26-33-44(4,5)40-51-43(48)50-39-41(30-23-18-13-10-7-2)31-24-19-14-11-8-3/h41,46H,6-40H2,1-5H3. The lowest BCUT2D eigenvalue weighted by Gasteiger charge is -2.25. The van der Waals surface area contributed by atoms with Crippen LogP contribution in [0.15, 0.2) is 0 Å². The quantitative estimate of drug-likeness (QED) is 0.0499. The smallest absolute Gasteiger partial charge is 0.466 e. The molecule has 0 atom stereocenters. The van der Waals surface area contributed by atoms with Gasteiger partial charge in [-0.15, -0.1) is 0 Å². The van der Waals surface area contributed by atoms with Gasteiger partial charge in [-0.05, 0) is 69.4 Å². The molecular formula is C44H87NO6. The fourth-order valence-corrected chi connectivity index (χ4v) is 6.81. The molecule has 0 spiro atoms. The van der Waals surface area contributed by atoms with Crippen molar-refractivity contribution in [1.82, 2.24) is 4.90 Å². The minimum Gasteiger partial charge on any atom is -0.466 e. The van der Waals surface area contributed by atoms with Gasteiger partial charge in [-0.25, -0.2) is 4.79 Å². The average Bonchev–Trinajstić information content (AvgIpc) is 3.11. The van der Waals surface area contributed by atoms with E-state index in [0.29, 0.717) is 38.7 Å². The maximum Gasteiger partial charge on any atom is 0.508 e. The minimum absolute atomic E-state index is 0.0412. The van der Waals surface area contributed by atoms with Crippen molar-refractivity contribution >= 4 is 12.1 Å². The van der Waals surface area contributed by atoms with Gasteiger partial charge in [0.15, 0.2) is 0 Å². The second-order valence-electron chi connectivity index (χ2n) is 16.2. The van der Waals surface area contributed by atoms with E-state index in [1.54, 1.807) is 0 Å². The third-order valence-corrected chi connectivity index (χ3v) is 10.3. The summed E-state index contributed by atoms with van der Waals surface area (Å²) in [6.45, 7) is 15.4. The van der Waals surface area contributed by atoms with Crippen LogP contribution in [0.5, 0.6) is 0 Å². The maximum atomic E-state index is 12.5. The Kier molecular flexibility index (Phi) is 36.0. The summed E-state index contributed by atoms with van der Waals surface area (Å²) < 4.78 is 16.7. The molecule has 51 heavy (non-hydrogen) atoms. The van der Waals surface area contributed by atoms with E-state index in [1.165, 1.54) is 96.3 Å². The fraction of sp³-hybridized carbons (Fsp3) is 0.955. The van der Waals surface area contributed by atoms with Crippen molar-refractivity contribution in [3.8, 4) is 0 Å². The van der Waals surface area contributed by atoms with Gasteiger partial charge in [0.05, 0.1) is 19.8 Å². The molecule has 0 heterocycles. The molecule has 1 N–H and O–H groups in total. The molecule has 0 fully saturated rings. The summed E-state index contributed by atoms with van der Waals surface area (Å²) in [5, 5.41) is 9.58. The highest BCUT2D eigenvalue weighted by atomic mass is 16.7. The topological polar surface area (TPSA) is 85.3 Å². The fourth-order valence-electron chi connectivity index (χ4n) is 6.81. The molecular weight excluding hydrogens is 638 g/mol. The van der Waals surface area contributed by atoms with Crippen LogP contribution in [0.3, 0.4) is 0 Å². The second kappa shape index (κ2) is 37.0. The molecule has 0 radical (unpaired) electrons. The molecule has 0 aliphatic heterocycles. The van der Waals surface area contributed by atoms with Gasteiger partial charge in [0.2, 0.25) is 0 Å². The monoisotopic (exact) mass is 726 g/mol. The number of carbonyl (C=O) groups excluding carboxylic acids is 2. The van der Waals surface area contributed by atoms with E-state index in [2.05, 4.69) is 39.5 Å². The number of hydrogen-bond donors (Lipinski definition) is 1. The van der Waals surface area contributed by atoms with E-state index >= 15 is 0 Å². The normalized spacial score (nSPS) is 11.8. The van der Waals surface area contributed by atoms with Gasteiger partial charge >= 0.3 is 12.1 Å². The number of esters is 1. The zero-order valence-corrected chi connectivity index (χ0v) is 34.8. The van der Waals surface area contributed by atoms with Crippen molar-refractivity contribution in [3.05, 3.63) is 0 Å². The number of rotatable bonds is 39. The molecule has 7 heteroatoms. The lowest BCUT2D eigenvalue weighted by molar-refractivity contribution is -0.143. The van der Waals surface area contributed by atoms with Crippen LogP contribution < -0.4 is 0 Å². The van der Waals surface area contributed by atoms with Crippen molar-refractivity contribution < 1.29 is 28.9 Å². The van der Waals surface area contributed by atoms with Crippen LogP contribution in [-0.2, 0) is 19.0 Å². The van der Waals surface area contributed by atoms with Crippen LogP contribution in [0.4, 0.5) is 4.79 Å². The molecule has 0 aliphatic rings. The zero-order chi connectivity index (χ0) is 37.7. The second-order valence-corrected chi connectivity index (χ2v) is 16.2. The highest BCUT2D eigenvalue weighted by Crippen LogP contribution is 2.25. The van der Waals surface area contributed by atoms with Crippen molar-refractivity contribution in [2.45, 2.75) is 214 Å². The van der Waals surface area contributed by atoms with E-state index in [0.717, 1.165) is 90.1 Å². The third kappa shape index (κ3) is 35.5. The molecule has 0 aromatic carbocycles. The molecule has 0 bridgehead atoms. The Morgan fingerprint density at radius 2 is 1.06 bits per heavy atom. The average molecular weight is 726 g/mol. The van der Waals surface area contributed by atoms with Crippen LogP contribution >= 0.6 is 0 Å².